The quantitative estimate of drug-likeness (QED) is 0.474. The summed E-state index contributed by atoms with van der Waals surface area (Å²) in [4.78, 5) is 17.8. The van der Waals surface area contributed by atoms with E-state index in [-0.39, 0.29) is 11.9 Å². The van der Waals surface area contributed by atoms with Crippen molar-refractivity contribution >= 4 is 44.7 Å². The van der Waals surface area contributed by atoms with Crippen molar-refractivity contribution in [1.29, 1.82) is 0 Å². The maximum Gasteiger partial charge on any atom is 0.191 e. The van der Waals surface area contributed by atoms with E-state index in [1.165, 1.54) is 0 Å². The van der Waals surface area contributed by atoms with E-state index in [0.717, 1.165) is 35.1 Å². The fourth-order valence-corrected chi connectivity index (χ4v) is 3.36. The molecule has 2 heterocycles. The number of furan rings is 1. The highest BCUT2D eigenvalue weighted by Crippen LogP contribution is 2.32. The van der Waals surface area contributed by atoms with Crippen molar-refractivity contribution in [3.63, 3.8) is 0 Å². The number of fused-ring (bicyclic) bond motifs is 1. The van der Waals surface area contributed by atoms with Crippen molar-refractivity contribution in [2.45, 2.75) is 18.9 Å². The number of halogens is 1. The van der Waals surface area contributed by atoms with Gasteiger partial charge in [-0.05, 0) is 37.6 Å². The molecule has 1 aliphatic heterocycles. The third-order valence-corrected chi connectivity index (χ3v) is 4.67. The van der Waals surface area contributed by atoms with Gasteiger partial charge in [-0.25, -0.2) is 0 Å². The van der Waals surface area contributed by atoms with Gasteiger partial charge in [0, 0.05) is 23.5 Å². The number of carbonyl (C=O) groups is 1. The van der Waals surface area contributed by atoms with Crippen LogP contribution in [0.1, 0.15) is 23.4 Å². The molecule has 1 aromatic heterocycles. The predicted octanol–water partition coefficient (Wildman–Crippen LogP) is 2.90. The summed E-state index contributed by atoms with van der Waals surface area (Å²) < 4.78 is 6.50. The Bertz CT molecular complexity index is 772. The second-order valence-electron chi connectivity index (χ2n) is 5.93. The van der Waals surface area contributed by atoms with E-state index in [2.05, 4.69) is 31.1 Å². The summed E-state index contributed by atoms with van der Waals surface area (Å²) in [7, 11) is 1.71. The number of hydrogen-bond acceptors (Lipinski definition) is 5. The molecule has 0 amide bonds. The van der Waals surface area contributed by atoms with Crippen LogP contribution in [0.15, 0.2) is 32.1 Å². The number of hydrogen-bond donors (Lipinski definition) is 2. The molecule has 1 atom stereocenters. The van der Waals surface area contributed by atoms with Gasteiger partial charge in [0.25, 0.3) is 0 Å². The average Bonchev–Trinajstić information content (AvgIpc) is 2.91. The minimum absolute atomic E-state index is 0.253. The summed E-state index contributed by atoms with van der Waals surface area (Å²) in [6, 6.07) is 5.60. The molecule has 24 heavy (non-hydrogen) atoms. The first kappa shape index (κ1) is 17.1. The normalized spacial score (nSPS) is 19.6. The van der Waals surface area contributed by atoms with Gasteiger partial charge in [-0.1, -0.05) is 15.9 Å². The first-order chi connectivity index (χ1) is 11.6. The maximum absolute atomic E-state index is 11.4. The van der Waals surface area contributed by atoms with E-state index in [4.69, 9.17) is 4.42 Å². The number of nitrogens with one attached hydrogen (secondary N) is 1. The summed E-state index contributed by atoms with van der Waals surface area (Å²) in [5, 5.41) is 13.9. The van der Waals surface area contributed by atoms with Gasteiger partial charge in [-0.2, -0.15) is 0 Å². The number of β-amino-alcohol motifs (C(OH)–C–C–N with tert-alkyl or cyclic N) is 1. The summed E-state index contributed by atoms with van der Waals surface area (Å²) in [6.07, 6.45) is 2.24. The lowest BCUT2D eigenvalue weighted by Crippen LogP contribution is -2.42. The molecular weight excluding hydrogens is 374 g/mol. The number of aliphatic imine (C=N–C) groups is 1. The highest BCUT2D eigenvalue weighted by molar-refractivity contribution is 9.10. The zero-order valence-electron chi connectivity index (χ0n) is 13.5. The Labute approximate surface area is 148 Å². The Morgan fingerprint density at radius 2 is 2.42 bits per heavy atom. The highest BCUT2D eigenvalue weighted by Gasteiger charge is 2.21. The molecule has 1 saturated heterocycles. The summed E-state index contributed by atoms with van der Waals surface area (Å²) in [5.41, 5.74) is 1.27. The molecule has 2 N–H and O–H groups in total. The van der Waals surface area contributed by atoms with Gasteiger partial charge >= 0.3 is 0 Å². The van der Waals surface area contributed by atoms with Crippen LogP contribution in [0.2, 0.25) is 0 Å². The van der Waals surface area contributed by atoms with Gasteiger partial charge in [0.15, 0.2) is 12.0 Å². The van der Waals surface area contributed by atoms with Crippen LogP contribution in [0, 0.1) is 0 Å². The largest absolute Gasteiger partial charge is 0.451 e. The van der Waals surface area contributed by atoms with E-state index in [1.54, 1.807) is 7.05 Å². The van der Waals surface area contributed by atoms with Crippen molar-refractivity contribution in [3.8, 4) is 0 Å². The number of carbonyl (C=O) groups excluding carboxylic acids is 1. The van der Waals surface area contributed by atoms with Crippen LogP contribution < -0.4 is 5.32 Å². The third kappa shape index (κ3) is 3.68. The van der Waals surface area contributed by atoms with Gasteiger partial charge in [-0.15, -0.1) is 0 Å². The predicted molar refractivity (Wildman–Crippen MR) is 98.0 cm³/mol. The monoisotopic (exact) mass is 393 g/mol. The van der Waals surface area contributed by atoms with Crippen LogP contribution in [0.25, 0.3) is 11.0 Å². The Morgan fingerprint density at radius 1 is 1.58 bits per heavy atom. The van der Waals surface area contributed by atoms with Gasteiger partial charge in [0.1, 0.15) is 11.4 Å². The van der Waals surface area contributed by atoms with E-state index >= 15 is 0 Å². The second-order valence-corrected chi connectivity index (χ2v) is 6.84. The third-order valence-electron chi connectivity index (χ3n) is 4.18. The maximum atomic E-state index is 11.4. The minimum atomic E-state index is -0.284. The molecule has 1 aliphatic rings. The van der Waals surface area contributed by atoms with Crippen LogP contribution in [-0.4, -0.2) is 54.9 Å². The van der Waals surface area contributed by atoms with Gasteiger partial charge in [0.05, 0.1) is 18.3 Å². The fourth-order valence-electron chi connectivity index (χ4n) is 3.00. The molecule has 0 spiro atoms. The number of anilines is 1. The van der Waals surface area contributed by atoms with Crippen molar-refractivity contribution in [1.82, 2.24) is 4.90 Å². The van der Waals surface area contributed by atoms with Crippen molar-refractivity contribution in [2.75, 3.05) is 32.0 Å². The van der Waals surface area contributed by atoms with E-state index in [9.17, 15) is 9.90 Å². The number of piperidine rings is 1. The molecule has 0 saturated carbocycles. The lowest BCUT2D eigenvalue weighted by atomic mass is 10.1. The van der Waals surface area contributed by atoms with Crippen LogP contribution in [0.4, 0.5) is 5.69 Å². The number of aldehydes is 1. The van der Waals surface area contributed by atoms with Gasteiger partial charge in [-0.3, -0.25) is 14.7 Å². The topological polar surface area (TPSA) is 78.1 Å². The average molecular weight is 394 g/mol. The molecule has 128 valence electrons. The molecule has 1 fully saturated rings. The smallest absolute Gasteiger partial charge is 0.191 e. The summed E-state index contributed by atoms with van der Waals surface area (Å²) >= 11 is 3.44. The van der Waals surface area contributed by atoms with E-state index in [1.807, 2.05) is 18.2 Å². The van der Waals surface area contributed by atoms with E-state index < -0.39 is 0 Å². The number of aliphatic hydroxyl groups is 1. The molecule has 0 bridgehead atoms. The number of nitrogens with zero attached hydrogens (tertiary/aromatic N) is 2. The molecule has 0 radical (unpaired) electrons. The minimum Gasteiger partial charge on any atom is -0.451 e. The zero-order chi connectivity index (χ0) is 17.1. The zero-order valence-corrected chi connectivity index (χ0v) is 15.0. The number of likely N-dealkylation sites (tertiary alicyclic amines) is 1. The Kier molecular flexibility index (Phi) is 5.33. The molecule has 2 aromatic rings. The molecule has 1 aromatic carbocycles. The van der Waals surface area contributed by atoms with E-state index in [0.29, 0.717) is 30.6 Å². The Morgan fingerprint density at radius 3 is 3.12 bits per heavy atom. The lowest BCUT2D eigenvalue weighted by Gasteiger charge is -2.30. The van der Waals surface area contributed by atoms with Crippen molar-refractivity contribution < 1.29 is 14.3 Å². The van der Waals surface area contributed by atoms with Crippen molar-refractivity contribution in [2.24, 2.45) is 4.99 Å². The molecular formula is C17H20BrN3O3. The van der Waals surface area contributed by atoms with Gasteiger partial charge in [0.2, 0.25) is 0 Å². The van der Waals surface area contributed by atoms with Crippen LogP contribution >= 0.6 is 15.9 Å². The molecule has 3 rings (SSSR count). The van der Waals surface area contributed by atoms with Crippen LogP contribution in [0.3, 0.4) is 0 Å². The lowest BCUT2D eigenvalue weighted by molar-refractivity contribution is 0.0791. The summed E-state index contributed by atoms with van der Waals surface area (Å²) in [6.45, 7) is 2.15. The van der Waals surface area contributed by atoms with Gasteiger partial charge < -0.3 is 14.8 Å². The van der Waals surface area contributed by atoms with Crippen molar-refractivity contribution in [3.05, 3.63) is 28.4 Å². The standard InChI is InChI=1S/C17H20BrN3O3/c1-19-16(9-21-6-2-3-12(23)8-21)20-17-13-7-11(18)4-5-14(13)24-15(17)10-22/h4-5,7,10,12,23H,2-3,6,8-9H2,1H3,(H,19,20). The fraction of sp³-hybridized carbons (Fsp3) is 0.412. The highest BCUT2D eigenvalue weighted by atomic mass is 79.9. The Balaban J connectivity index is 1.84. The SMILES string of the molecule is CN=C(CN1CCCC(O)C1)Nc1c(C=O)oc2ccc(Br)cc12. The Hall–Kier alpha value is -1.70. The van der Waals surface area contributed by atoms with Crippen LogP contribution in [0.5, 0.6) is 0 Å². The number of aliphatic hydroxyl groups excluding tert-OH is 1. The summed E-state index contributed by atoms with van der Waals surface area (Å²) in [5.74, 6) is 0.984. The second kappa shape index (κ2) is 7.46. The molecule has 1 unspecified atom stereocenters. The molecule has 0 aliphatic carbocycles. The first-order valence-corrected chi connectivity index (χ1v) is 8.70. The number of benzene rings is 1. The number of rotatable bonds is 4. The first-order valence-electron chi connectivity index (χ1n) is 7.91. The molecule has 7 heteroatoms. The van der Waals surface area contributed by atoms with Crippen LogP contribution in [-0.2, 0) is 0 Å². The molecule has 6 nitrogen and oxygen atoms in total. The number of amidine groups is 1.